The molecule has 4 rings (SSSR count). The quantitative estimate of drug-likeness (QED) is 0.305. The maximum Gasteiger partial charge on any atom is 0.302 e. The van der Waals surface area contributed by atoms with Gasteiger partial charge in [-0.25, -0.2) is 0 Å². The third-order valence-corrected chi connectivity index (χ3v) is 15.0. The summed E-state index contributed by atoms with van der Waals surface area (Å²) in [6, 6.07) is 0. The van der Waals surface area contributed by atoms with Crippen LogP contribution in [0, 0.1) is 28.6 Å². The first-order valence-electron chi connectivity index (χ1n) is 13.0. The molecular formula is C27H46O4Si. The average molecular weight is 463 g/mol. The topological polar surface area (TPSA) is 55.8 Å². The maximum atomic E-state index is 11.7. The van der Waals surface area contributed by atoms with Crippen molar-refractivity contribution in [1.29, 1.82) is 0 Å². The van der Waals surface area contributed by atoms with Gasteiger partial charge in [0, 0.05) is 25.4 Å². The van der Waals surface area contributed by atoms with Crippen LogP contribution in [0.4, 0.5) is 0 Å². The monoisotopic (exact) mass is 462 g/mol. The molecule has 5 heteroatoms. The third-order valence-electron chi connectivity index (χ3n) is 10.6. The predicted octanol–water partition coefficient (Wildman–Crippen LogP) is 6.24. The summed E-state index contributed by atoms with van der Waals surface area (Å²) in [7, 11) is -1.88. The van der Waals surface area contributed by atoms with Gasteiger partial charge < -0.3 is 14.3 Å². The van der Waals surface area contributed by atoms with E-state index >= 15 is 0 Å². The van der Waals surface area contributed by atoms with Crippen molar-refractivity contribution in [3.8, 4) is 0 Å². The van der Waals surface area contributed by atoms with Gasteiger partial charge in [0.25, 0.3) is 0 Å². The van der Waals surface area contributed by atoms with Gasteiger partial charge in [-0.1, -0.05) is 39.3 Å². The third kappa shape index (κ3) is 3.94. The number of aliphatic hydroxyl groups is 1. The van der Waals surface area contributed by atoms with Gasteiger partial charge in [-0.2, -0.15) is 0 Å². The zero-order valence-corrected chi connectivity index (χ0v) is 22.5. The number of hydrogen-bond acceptors (Lipinski definition) is 4. The first-order chi connectivity index (χ1) is 14.8. The fourth-order valence-corrected chi connectivity index (χ4v) is 8.58. The van der Waals surface area contributed by atoms with E-state index in [9.17, 15) is 9.90 Å². The Morgan fingerprint density at radius 3 is 2.53 bits per heavy atom. The molecular weight excluding hydrogens is 416 g/mol. The van der Waals surface area contributed by atoms with E-state index in [-0.39, 0.29) is 34.0 Å². The first kappa shape index (κ1) is 24.5. The molecule has 4 nitrogen and oxygen atoms in total. The molecule has 0 aromatic heterocycles. The van der Waals surface area contributed by atoms with Crippen LogP contribution in [0.5, 0.6) is 0 Å². The molecule has 0 amide bonds. The van der Waals surface area contributed by atoms with Crippen LogP contribution < -0.4 is 0 Å². The van der Waals surface area contributed by atoms with E-state index < -0.39 is 8.32 Å². The van der Waals surface area contributed by atoms with Crippen molar-refractivity contribution in [2.75, 3.05) is 6.61 Å². The van der Waals surface area contributed by atoms with E-state index in [0.29, 0.717) is 17.8 Å². The summed E-state index contributed by atoms with van der Waals surface area (Å²) in [5.41, 5.74) is 1.66. The van der Waals surface area contributed by atoms with Crippen molar-refractivity contribution in [2.24, 2.45) is 28.6 Å². The molecule has 0 heterocycles. The van der Waals surface area contributed by atoms with E-state index in [4.69, 9.17) is 9.16 Å². The van der Waals surface area contributed by atoms with Gasteiger partial charge in [0.15, 0.2) is 8.32 Å². The lowest BCUT2D eigenvalue weighted by molar-refractivity contribution is -0.149. The highest BCUT2D eigenvalue weighted by Crippen LogP contribution is 2.65. The highest BCUT2D eigenvalue weighted by atomic mass is 28.4. The fourth-order valence-electron chi connectivity index (χ4n) is 7.53. The van der Waals surface area contributed by atoms with Crippen LogP contribution in [0.25, 0.3) is 0 Å². The van der Waals surface area contributed by atoms with Crippen LogP contribution in [0.2, 0.25) is 18.1 Å². The molecule has 0 spiro atoms. The molecule has 0 bridgehead atoms. The number of allylic oxidation sites excluding steroid dienone is 1. The summed E-state index contributed by atoms with van der Waals surface area (Å²) < 4.78 is 12.6. The van der Waals surface area contributed by atoms with Crippen molar-refractivity contribution in [2.45, 2.75) is 116 Å². The summed E-state index contributed by atoms with van der Waals surface area (Å²) in [4.78, 5) is 11.7. The lowest BCUT2D eigenvalue weighted by Gasteiger charge is -2.59. The summed E-state index contributed by atoms with van der Waals surface area (Å²) in [6.07, 6.45) is 10.8. The predicted molar refractivity (Wildman–Crippen MR) is 131 cm³/mol. The normalized spacial score (nSPS) is 41.9. The van der Waals surface area contributed by atoms with E-state index in [1.807, 2.05) is 0 Å². The van der Waals surface area contributed by atoms with Crippen molar-refractivity contribution >= 4 is 14.3 Å². The molecule has 0 aromatic carbocycles. The number of hydrogen-bond donors (Lipinski definition) is 1. The molecule has 0 unspecified atom stereocenters. The summed E-state index contributed by atoms with van der Waals surface area (Å²) in [6.45, 7) is 16.4. The number of rotatable bonds is 4. The van der Waals surface area contributed by atoms with Crippen molar-refractivity contribution in [3.63, 3.8) is 0 Å². The molecule has 4 aliphatic rings. The Morgan fingerprint density at radius 2 is 1.88 bits per heavy atom. The molecule has 32 heavy (non-hydrogen) atoms. The largest absolute Gasteiger partial charge is 0.462 e. The number of carbonyl (C=O) groups is 1. The number of fused-ring (bicyclic) bond motifs is 5. The molecule has 4 aliphatic carbocycles. The smallest absolute Gasteiger partial charge is 0.302 e. The second kappa shape index (κ2) is 8.23. The minimum atomic E-state index is -1.88. The Balaban J connectivity index is 1.65. The fraction of sp³-hybridized carbons (Fsp3) is 0.889. The minimum absolute atomic E-state index is 0.0125. The van der Waals surface area contributed by atoms with Gasteiger partial charge in [0.05, 0.1) is 6.10 Å². The first-order valence-corrected chi connectivity index (χ1v) is 15.9. The van der Waals surface area contributed by atoms with Crippen LogP contribution in [0.15, 0.2) is 11.6 Å². The standard InChI is InChI=1S/C27H46O4Si/c1-18(28)31-20-12-15-27(17-30-32(6,7)25(2,3)4)19(16-20)8-9-21-22-10-11-24(29)26(22,5)14-13-23(21)27/h8,20-24,29H,9-17H2,1-7H3/t20-,21-,22-,23-,24-,26-,27+/m0/s1. The zero-order valence-electron chi connectivity index (χ0n) is 21.5. The zero-order chi connectivity index (χ0) is 23.5. The Kier molecular flexibility index (Phi) is 6.30. The molecule has 3 saturated carbocycles. The number of esters is 1. The summed E-state index contributed by atoms with van der Waals surface area (Å²) in [5, 5.41) is 11.0. The minimum Gasteiger partial charge on any atom is -0.462 e. The van der Waals surface area contributed by atoms with Gasteiger partial charge in [0.2, 0.25) is 0 Å². The second-order valence-corrected chi connectivity index (χ2v) is 18.0. The summed E-state index contributed by atoms with van der Waals surface area (Å²) in [5.74, 6) is 1.71. The maximum absolute atomic E-state index is 11.7. The van der Waals surface area contributed by atoms with E-state index in [1.165, 1.54) is 18.9 Å². The number of aliphatic hydroxyl groups excluding tert-OH is 1. The average Bonchev–Trinajstić information content (AvgIpc) is 3.00. The molecule has 0 saturated heterocycles. The lowest BCUT2D eigenvalue weighted by atomic mass is 9.47. The van der Waals surface area contributed by atoms with Crippen LogP contribution in [-0.2, 0) is 14.0 Å². The van der Waals surface area contributed by atoms with Crippen molar-refractivity contribution in [1.82, 2.24) is 0 Å². The Bertz CT molecular complexity index is 768. The SMILES string of the molecule is CC(=O)O[C@H]1CC[C@@]2(CO[Si](C)(C)C(C)(C)C)C(=CC[C@@H]3[C@@H]2CC[C@]2(C)[C@@H](O)CC[C@@H]32)C1. The molecule has 182 valence electrons. The van der Waals surface area contributed by atoms with E-state index in [0.717, 1.165) is 51.6 Å². The van der Waals surface area contributed by atoms with Crippen LogP contribution in [-0.4, -0.2) is 38.2 Å². The van der Waals surface area contributed by atoms with Crippen molar-refractivity contribution in [3.05, 3.63) is 11.6 Å². The molecule has 0 aromatic rings. The van der Waals surface area contributed by atoms with Gasteiger partial charge in [-0.15, -0.1) is 0 Å². The second-order valence-electron chi connectivity index (χ2n) is 13.2. The lowest BCUT2D eigenvalue weighted by Crippen LogP contribution is -2.55. The number of ether oxygens (including phenoxy) is 1. The molecule has 0 aliphatic heterocycles. The molecule has 1 N–H and O–H groups in total. The highest BCUT2D eigenvalue weighted by molar-refractivity contribution is 6.74. The Labute approximate surface area is 196 Å². The van der Waals surface area contributed by atoms with Crippen LogP contribution >= 0.6 is 0 Å². The van der Waals surface area contributed by atoms with Gasteiger partial charge in [0.1, 0.15) is 6.10 Å². The van der Waals surface area contributed by atoms with E-state index in [1.54, 1.807) is 0 Å². The highest BCUT2D eigenvalue weighted by Gasteiger charge is 2.60. The van der Waals surface area contributed by atoms with Gasteiger partial charge in [-0.05, 0) is 86.2 Å². The van der Waals surface area contributed by atoms with Crippen molar-refractivity contribution < 1.29 is 19.1 Å². The van der Waals surface area contributed by atoms with Gasteiger partial charge in [-0.3, -0.25) is 4.79 Å². The molecule has 3 fully saturated rings. The summed E-state index contributed by atoms with van der Waals surface area (Å²) >= 11 is 0. The van der Waals surface area contributed by atoms with Gasteiger partial charge >= 0.3 is 5.97 Å². The molecule has 0 radical (unpaired) electrons. The Hall–Kier alpha value is -0.653. The van der Waals surface area contributed by atoms with Crippen LogP contribution in [0.1, 0.15) is 86.0 Å². The Morgan fingerprint density at radius 1 is 1.16 bits per heavy atom. The molecule has 7 atom stereocenters. The van der Waals surface area contributed by atoms with E-state index in [2.05, 4.69) is 46.9 Å². The number of carbonyl (C=O) groups excluding carboxylic acids is 1. The van der Waals surface area contributed by atoms with Crippen LogP contribution in [0.3, 0.4) is 0 Å².